The minimum atomic E-state index is -1.11. The lowest BCUT2D eigenvalue weighted by molar-refractivity contribution is -0.154. The quantitative estimate of drug-likeness (QED) is 0.151. The first-order chi connectivity index (χ1) is 19.8. The van der Waals surface area contributed by atoms with Crippen molar-refractivity contribution >= 4 is 24.2 Å². The molecule has 1 aromatic carbocycles. The average Bonchev–Trinajstić information content (AvgIpc) is 2.92. The van der Waals surface area contributed by atoms with Gasteiger partial charge in [0.1, 0.15) is 24.4 Å². The Hall–Kier alpha value is -3.34. The van der Waals surface area contributed by atoms with E-state index in [4.69, 9.17) is 23.7 Å². The average molecular weight is 594 g/mol. The van der Waals surface area contributed by atoms with Gasteiger partial charge in [0, 0.05) is 6.54 Å². The molecular weight excluding hydrogens is 546 g/mol. The van der Waals surface area contributed by atoms with Crippen LogP contribution in [0.1, 0.15) is 86.1 Å². The standard InChI is InChI=1S/C31H47NO10/c1-18(2)21(6)39-30(36)41-26-14-13-23(16-27(26)42-31(37)40-22(7)19(3)4)15-25(28(33)34)32-17-20(5)38-29(35)24-11-9-8-10-12-24/h13-14,16,18-22,24-25,32H,8-12,15,17H2,1-7H3,(H,33,34)/t20?,21?,22?,25-/m0/s1. The molecule has 1 aliphatic rings. The van der Waals surface area contributed by atoms with E-state index in [1.54, 1.807) is 26.8 Å². The van der Waals surface area contributed by atoms with Gasteiger partial charge in [-0.1, -0.05) is 53.0 Å². The van der Waals surface area contributed by atoms with Gasteiger partial charge in [-0.25, -0.2) is 9.59 Å². The first kappa shape index (κ1) is 34.9. The third kappa shape index (κ3) is 11.9. The summed E-state index contributed by atoms with van der Waals surface area (Å²) in [5.74, 6) is -1.57. The van der Waals surface area contributed by atoms with Crippen molar-refractivity contribution in [2.45, 2.75) is 111 Å². The monoisotopic (exact) mass is 593 g/mol. The van der Waals surface area contributed by atoms with Crippen LogP contribution in [0.25, 0.3) is 0 Å². The molecule has 0 aliphatic heterocycles. The molecule has 0 heterocycles. The molecule has 0 aromatic heterocycles. The van der Waals surface area contributed by atoms with E-state index >= 15 is 0 Å². The van der Waals surface area contributed by atoms with Crippen LogP contribution in [0.4, 0.5) is 9.59 Å². The van der Waals surface area contributed by atoms with Crippen LogP contribution < -0.4 is 14.8 Å². The van der Waals surface area contributed by atoms with Crippen LogP contribution in [0.2, 0.25) is 0 Å². The van der Waals surface area contributed by atoms with E-state index in [1.807, 2.05) is 27.7 Å². The van der Waals surface area contributed by atoms with Crippen molar-refractivity contribution in [1.82, 2.24) is 5.32 Å². The van der Waals surface area contributed by atoms with Crippen LogP contribution in [0.3, 0.4) is 0 Å². The predicted octanol–water partition coefficient (Wildman–Crippen LogP) is 5.90. The Bertz CT molecular complexity index is 1050. The topological polar surface area (TPSA) is 147 Å². The number of hydrogen-bond donors (Lipinski definition) is 2. The molecule has 42 heavy (non-hydrogen) atoms. The second-order valence-electron chi connectivity index (χ2n) is 11.7. The number of rotatable bonds is 14. The SMILES string of the molecule is CC(CN[C@@H](Cc1ccc(OC(=O)OC(C)C(C)C)c(OC(=O)OC(C)C(C)C)c1)C(=O)O)OC(=O)C1CCCCC1. The van der Waals surface area contributed by atoms with Crippen molar-refractivity contribution in [3.05, 3.63) is 23.8 Å². The molecule has 0 radical (unpaired) electrons. The number of carbonyl (C=O) groups is 4. The van der Waals surface area contributed by atoms with Crippen molar-refractivity contribution in [1.29, 1.82) is 0 Å². The first-order valence-corrected chi connectivity index (χ1v) is 14.8. The van der Waals surface area contributed by atoms with Gasteiger partial charge in [-0.2, -0.15) is 0 Å². The molecule has 1 aliphatic carbocycles. The molecule has 11 nitrogen and oxygen atoms in total. The summed E-state index contributed by atoms with van der Waals surface area (Å²) in [4.78, 5) is 49.3. The number of hydrogen-bond acceptors (Lipinski definition) is 10. The largest absolute Gasteiger partial charge is 0.514 e. The van der Waals surface area contributed by atoms with E-state index in [9.17, 15) is 24.3 Å². The molecule has 1 aromatic rings. The highest BCUT2D eigenvalue weighted by Gasteiger charge is 2.26. The summed E-state index contributed by atoms with van der Waals surface area (Å²) < 4.78 is 26.8. The van der Waals surface area contributed by atoms with Gasteiger partial charge in [-0.05, 0) is 69.6 Å². The number of benzene rings is 1. The molecule has 0 bridgehead atoms. The highest BCUT2D eigenvalue weighted by atomic mass is 16.7. The zero-order valence-corrected chi connectivity index (χ0v) is 25.8. The van der Waals surface area contributed by atoms with Gasteiger partial charge >= 0.3 is 24.2 Å². The fourth-order valence-corrected chi connectivity index (χ4v) is 4.11. The maximum Gasteiger partial charge on any atom is 0.514 e. The maximum atomic E-state index is 12.5. The summed E-state index contributed by atoms with van der Waals surface area (Å²) >= 11 is 0. The molecule has 0 amide bonds. The Morgan fingerprint density at radius 2 is 1.36 bits per heavy atom. The van der Waals surface area contributed by atoms with E-state index in [1.165, 1.54) is 12.1 Å². The van der Waals surface area contributed by atoms with Crippen molar-refractivity contribution in [3.63, 3.8) is 0 Å². The Morgan fingerprint density at radius 1 is 0.810 bits per heavy atom. The fraction of sp³-hybridized carbons (Fsp3) is 0.677. The number of nitrogens with one attached hydrogen (secondary N) is 1. The van der Waals surface area contributed by atoms with Gasteiger partial charge in [0.15, 0.2) is 11.5 Å². The molecular formula is C31H47NO10. The minimum absolute atomic E-state index is 0.00153. The highest BCUT2D eigenvalue weighted by molar-refractivity contribution is 5.74. The van der Waals surface area contributed by atoms with Gasteiger partial charge in [0.25, 0.3) is 0 Å². The molecule has 1 saturated carbocycles. The molecule has 11 heteroatoms. The minimum Gasteiger partial charge on any atom is -0.480 e. The summed E-state index contributed by atoms with van der Waals surface area (Å²) in [6.45, 7) is 12.9. The highest BCUT2D eigenvalue weighted by Crippen LogP contribution is 2.31. The lowest BCUT2D eigenvalue weighted by atomic mass is 9.89. The Balaban J connectivity index is 2.13. The normalized spacial score (nSPS) is 16.7. The van der Waals surface area contributed by atoms with Crippen LogP contribution in [-0.4, -0.2) is 60.3 Å². The summed E-state index contributed by atoms with van der Waals surface area (Å²) in [7, 11) is 0. The molecule has 0 saturated heterocycles. The van der Waals surface area contributed by atoms with E-state index in [2.05, 4.69) is 5.32 Å². The third-order valence-corrected chi connectivity index (χ3v) is 7.48. The van der Waals surface area contributed by atoms with E-state index in [-0.39, 0.29) is 48.2 Å². The molecule has 236 valence electrons. The summed E-state index contributed by atoms with van der Waals surface area (Å²) in [5.41, 5.74) is 0.484. The summed E-state index contributed by atoms with van der Waals surface area (Å²) in [6, 6.07) is 3.34. The van der Waals surface area contributed by atoms with Crippen LogP contribution >= 0.6 is 0 Å². The molecule has 2 N–H and O–H groups in total. The number of esters is 1. The van der Waals surface area contributed by atoms with E-state index in [0.717, 1.165) is 32.1 Å². The zero-order chi connectivity index (χ0) is 31.4. The third-order valence-electron chi connectivity index (χ3n) is 7.48. The summed E-state index contributed by atoms with van der Waals surface area (Å²) in [6.07, 6.45) is 1.45. The van der Waals surface area contributed by atoms with Gasteiger partial charge in [-0.15, -0.1) is 0 Å². The Kier molecular flexibility index (Phi) is 14.1. The van der Waals surface area contributed by atoms with Crippen molar-refractivity contribution in [2.75, 3.05) is 6.54 Å². The lowest BCUT2D eigenvalue weighted by Gasteiger charge is -2.23. The molecule has 2 rings (SSSR count). The maximum absolute atomic E-state index is 12.5. The molecule has 1 fully saturated rings. The van der Waals surface area contributed by atoms with Crippen LogP contribution in [0.15, 0.2) is 18.2 Å². The molecule has 0 spiro atoms. The number of carbonyl (C=O) groups excluding carboxylic acids is 3. The fourth-order valence-electron chi connectivity index (χ4n) is 4.11. The van der Waals surface area contributed by atoms with Crippen molar-refractivity contribution < 1.29 is 48.0 Å². The van der Waals surface area contributed by atoms with Crippen molar-refractivity contribution in [3.8, 4) is 11.5 Å². The van der Waals surface area contributed by atoms with Crippen LogP contribution in [0, 0.1) is 17.8 Å². The van der Waals surface area contributed by atoms with E-state index < -0.39 is 42.6 Å². The second kappa shape index (κ2) is 16.9. The number of aliphatic carboxylic acids is 1. The molecule has 4 atom stereocenters. The number of carboxylic acid groups (broad SMARTS) is 1. The van der Waals surface area contributed by atoms with Gasteiger partial charge in [0.05, 0.1) is 5.92 Å². The Labute approximate surface area is 248 Å². The first-order valence-electron chi connectivity index (χ1n) is 14.8. The smallest absolute Gasteiger partial charge is 0.480 e. The molecule has 3 unspecified atom stereocenters. The number of carboxylic acids is 1. The van der Waals surface area contributed by atoms with Crippen LogP contribution in [0.5, 0.6) is 11.5 Å². The lowest BCUT2D eigenvalue weighted by Crippen LogP contribution is -2.43. The van der Waals surface area contributed by atoms with Crippen molar-refractivity contribution in [2.24, 2.45) is 17.8 Å². The second-order valence-corrected chi connectivity index (χ2v) is 11.7. The zero-order valence-electron chi connectivity index (χ0n) is 25.8. The summed E-state index contributed by atoms with van der Waals surface area (Å²) in [5, 5.41) is 12.8. The van der Waals surface area contributed by atoms with Gasteiger partial charge in [-0.3, -0.25) is 9.59 Å². The van der Waals surface area contributed by atoms with Gasteiger partial charge < -0.3 is 34.1 Å². The van der Waals surface area contributed by atoms with Gasteiger partial charge in [0.2, 0.25) is 0 Å². The number of ether oxygens (including phenoxy) is 5. The van der Waals surface area contributed by atoms with Crippen LogP contribution in [-0.2, 0) is 30.2 Å². The Morgan fingerprint density at radius 3 is 1.88 bits per heavy atom. The van der Waals surface area contributed by atoms with E-state index in [0.29, 0.717) is 5.56 Å². The predicted molar refractivity (Wildman–Crippen MR) is 155 cm³/mol.